The quantitative estimate of drug-likeness (QED) is 0.596. The van der Waals surface area contributed by atoms with E-state index < -0.39 is 23.5 Å². The summed E-state index contributed by atoms with van der Waals surface area (Å²) < 4.78 is 43.2. The summed E-state index contributed by atoms with van der Waals surface area (Å²) >= 11 is 0. The second-order valence-corrected chi connectivity index (χ2v) is 7.89. The minimum atomic E-state index is -1.09. The first kappa shape index (κ1) is 21.0. The fourth-order valence-electron chi connectivity index (χ4n) is 3.70. The Morgan fingerprint density at radius 2 is 1.97 bits per heavy atom. The van der Waals surface area contributed by atoms with Crippen molar-refractivity contribution in [3.63, 3.8) is 0 Å². The average Bonchev–Trinajstić information content (AvgIpc) is 2.61. The molecule has 0 saturated heterocycles. The third kappa shape index (κ3) is 4.17. The second-order valence-electron chi connectivity index (χ2n) is 7.89. The van der Waals surface area contributed by atoms with Gasteiger partial charge in [-0.3, -0.25) is 4.79 Å². The van der Waals surface area contributed by atoms with Gasteiger partial charge in [0.1, 0.15) is 17.9 Å². The summed E-state index contributed by atoms with van der Waals surface area (Å²) in [6, 6.07) is 3.22. The standard InChI is InChI=1S/C21H23F2NO5/c1-21(2)9-14(25)17-15(10-21)29-19(24)18(20(26)28-7-6-27-3)16(17)11-4-5-12(22)13(23)8-11/h4-5,8,16H,6-7,9-10,24H2,1-3H3. The molecule has 1 aliphatic heterocycles. The van der Waals surface area contributed by atoms with Crippen molar-refractivity contribution in [2.24, 2.45) is 11.1 Å². The molecule has 1 aromatic rings. The summed E-state index contributed by atoms with van der Waals surface area (Å²) in [6.45, 7) is 3.96. The molecule has 0 saturated carbocycles. The highest BCUT2D eigenvalue weighted by atomic mass is 19.2. The van der Waals surface area contributed by atoms with E-state index in [2.05, 4.69) is 0 Å². The minimum Gasteiger partial charge on any atom is -0.460 e. The average molecular weight is 407 g/mol. The van der Waals surface area contributed by atoms with Crippen molar-refractivity contribution in [2.45, 2.75) is 32.6 Å². The number of ether oxygens (including phenoxy) is 3. The highest BCUT2D eigenvalue weighted by Crippen LogP contribution is 2.48. The summed E-state index contributed by atoms with van der Waals surface area (Å²) in [4.78, 5) is 25.7. The van der Waals surface area contributed by atoms with Gasteiger partial charge in [0.05, 0.1) is 12.5 Å². The van der Waals surface area contributed by atoms with Gasteiger partial charge < -0.3 is 19.9 Å². The molecule has 3 rings (SSSR count). The minimum absolute atomic E-state index is 0.0382. The van der Waals surface area contributed by atoms with Gasteiger partial charge in [-0.1, -0.05) is 19.9 Å². The third-order valence-electron chi connectivity index (χ3n) is 4.97. The molecule has 1 aliphatic carbocycles. The molecule has 29 heavy (non-hydrogen) atoms. The highest BCUT2D eigenvalue weighted by molar-refractivity contribution is 6.03. The Hall–Kier alpha value is -2.74. The molecule has 8 heteroatoms. The van der Waals surface area contributed by atoms with Crippen molar-refractivity contribution in [2.75, 3.05) is 20.3 Å². The van der Waals surface area contributed by atoms with E-state index in [0.717, 1.165) is 12.1 Å². The molecule has 0 fully saturated rings. The Morgan fingerprint density at radius 3 is 2.62 bits per heavy atom. The topological polar surface area (TPSA) is 87.8 Å². The number of hydrogen-bond donors (Lipinski definition) is 1. The van der Waals surface area contributed by atoms with Crippen LogP contribution in [0.5, 0.6) is 0 Å². The number of methoxy groups -OCH3 is 1. The van der Waals surface area contributed by atoms with Crippen LogP contribution in [-0.2, 0) is 23.8 Å². The zero-order chi connectivity index (χ0) is 21.3. The van der Waals surface area contributed by atoms with E-state index in [9.17, 15) is 18.4 Å². The molecule has 1 unspecified atom stereocenters. The predicted molar refractivity (Wildman–Crippen MR) is 99.3 cm³/mol. The third-order valence-corrected chi connectivity index (χ3v) is 4.97. The number of benzene rings is 1. The van der Waals surface area contributed by atoms with E-state index in [1.54, 1.807) is 0 Å². The van der Waals surface area contributed by atoms with Gasteiger partial charge in [0.2, 0.25) is 5.88 Å². The van der Waals surface area contributed by atoms with Gasteiger partial charge in [0, 0.05) is 25.5 Å². The maximum Gasteiger partial charge on any atom is 0.340 e. The molecular formula is C21H23F2NO5. The summed E-state index contributed by atoms with van der Waals surface area (Å²) in [5.41, 5.74) is 6.01. The first-order valence-corrected chi connectivity index (χ1v) is 9.19. The smallest absolute Gasteiger partial charge is 0.340 e. The summed E-state index contributed by atoms with van der Waals surface area (Å²) in [5, 5.41) is 0. The summed E-state index contributed by atoms with van der Waals surface area (Å²) in [7, 11) is 1.45. The van der Waals surface area contributed by atoms with E-state index in [0.29, 0.717) is 12.2 Å². The van der Waals surface area contributed by atoms with Crippen LogP contribution in [0.3, 0.4) is 0 Å². The van der Waals surface area contributed by atoms with Crippen LogP contribution in [0.2, 0.25) is 0 Å². The molecule has 156 valence electrons. The van der Waals surface area contributed by atoms with Crippen LogP contribution >= 0.6 is 0 Å². The van der Waals surface area contributed by atoms with Crippen molar-refractivity contribution in [1.29, 1.82) is 0 Å². The lowest BCUT2D eigenvalue weighted by Crippen LogP contribution is -2.36. The number of allylic oxidation sites excluding steroid dienone is 2. The molecule has 6 nitrogen and oxygen atoms in total. The molecule has 1 heterocycles. The van der Waals surface area contributed by atoms with Gasteiger partial charge in [0.15, 0.2) is 17.4 Å². The highest BCUT2D eigenvalue weighted by Gasteiger charge is 2.45. The molecule has 0 amide bonds. The van der Waals surface area contributed by atoms with Crippen LogP contribution in [0.15, 0.2) is 41.0 Å². The number of nitrogens with two attached hydrogens (primary N) is 1. The number of hydrogen-bond acceptors (Lipinski definition) is 6. The van der Waals surface area contributed by atoms with Crippen LogP contribution in [0.25, 0.3) is 0 Å². The van der Waals surface area contributed by atoms with Crippen molar-refractivity contribution >= 4 is 11.8 Å². The van der Waals surface area contributed by atoms with Crippen LogP contribution in [0.4, 0.5) is 8.78 Å². The molecule has 0 aromatic heterocycles. The number of carbonyl (C=O) groups excluding carboxylic acids is 2. The lowest BCUT2D eigenvalue weighted by atomic mass is 9.70. The lowest BCUT2D eigenvalue weighted by Gasteiger charge is -2.37. The molecule has 0 spiro atoms. The van der Waals surface area contributed by atoms with Gasteiger partial charge in [-0.15, -0.1) is 0 Å². The number of Topliss-reactive ketones (excluding diaryl/α,β-unsaturated/α-hetero) is 1. The zero-order valence-corrected chi connectivity index (χ0v) is 16.5. The van der Waals surface area contributed by atoms with E-state index >= 15 is 0 Å². The fraction of sp³-hybridized carbons (Fsp3) is 0.429. The molecule has 2 aliphatic rings. The van der Waals surface area contributed by atoms with E-state index in [4.69, 9.17) is 19.9 Å². The van der Waals surface area contributed by atoms with Crippen molar-refractivity contribution < 1.29 is 32.6 Å². The SMILES string of the molecule is COCCOC(=O)C1=C(N)OC2=C(C(=O)CC(C)(C)C2)C1c1ccc(F)c(F)c1. The Labute approximate surface area is 167 Å². The Kier molecular flexibility index (Phi) is 5.75. The van der Waals surface area contributed by atoms with Crippen LogP contribution in [0.1, 0.15) is 38.2 Å². The number of ketones is 1. The maximum absolute atomic E-state index is 14.0. The monoisotopic (exact) mass is 407 g/mol. The van der Waals surface area contributed by atoms with E-state index in [-0.39, 0.29) is 53.4 Å². The van der Waals surface area contributed by atoms with E-state index in [1.165, 1.54) is 13.2 Å². The predicted octanol–water partition coefficient (Wildman–Crippen LogP) is 3.08. The van der Waals surface area contributed by atoms with Crippen molar-refractivity contribution in [1.82, 2.24) is 0 Å². The molecule has 2 N–H and O–H groups in total. The number of rotatable bonds is 5. The zero-order valence-electron chi connectivity index (χ0n) is 16.5. The first-order chi connectivity index (χ1) is 13.6. The van der Waals surface area contributed by atoms with E-state index in [1.807, 2.05) is 13.8 Å². The molecule has 1 aromatic carbocycles. The first-order valence-electron chi connectivity index (χ1n) is 9.19. The van der Waals surface area contributed by atoms with Crippen molar-refractivity contribution in [3.05, 3.63) is 58.2 Å². The molecule has 1 atom stereocenters. The molecular weight excluding hydrogens is 384 g/mol. The lowest BCUT2D eigenvalue weighted by molar-refractivity contribution is -0.141. The van der Waals surface area contributed by atoms with Crippen molar-refractivity contribution in [3.8, 4) is 0 Å². The van der Waals surface area contributed by atoms with Gasteiger partial charge in [0.25, 0.3) is 0 Å². The van der Waals surface area contributed by atoms with Gasteiger partial charge in [-0.2, -0.15) is 0 Å². The van der Waals surface area contributed by atoms with Crippen LogP contribution < -0.4 is 5.73 Å². The van der Waals surface area contributed by atoms with Crippen LogP contribution in [0, 0.1) is 17.0 Å². The Balaban J connectivity index is 2.11. The largest absolute Gasteiger partial charge is 0.460 e. The van der Waals surface area contributed by atoms with Gasteiger partial charge >= 0.3 is 5.97 Å². The van der Waals surface area contributed by atoms with Gasteiger partial charge in [-0.05, 0) is 23.1 Å². The summed E-state index contributed by atoms with van der Waals surface area (Å²) in [6.07, 6.45) is 0.641. The Morgan fingerprint density at radius 1 is 1.24 bits per heavy atom. The Bertz CT molecular complexity index is 920. The number of halogens is 2. The molecule has 0 radical (unpaired) electrons. The van der Waals surface area contributed by atoms with Crippen LogP contribution in [-0.4, -0.2) is 32.1 Å². The van der Waals surface area contributed by atoms with Gasteiger partial charge in [-0.25, -0.2) is 13.6 Å². The molecule has 0 bridgehead atoms. The normalized spacial score (nSPS) is 21.0. The second kappa shape index (κ2) is 7.94. The fourth-order valence-corrected chi connectivity index (χ4v) is 3.70. The number of carbonyl (C=O) groups is 2. The summed E-state index contributed by atoms with van der Waals surface area (Å²) in [5.74, 6) is -4.05. The number of esters is 1. The maximum atomic E-state index is 14.0.